The summed E-state index contributed by atoms with van der Waals surface area (Å²) in [6, 6.07) is 0. The third-order valence-corrected chi connectivity index (χ3v) is 3.35. The molecule has 0 heterocycles. The van der Waals surface area contributed by atoms with Crippen molar-refractivity contribution in [2.75, 3.05) is 0 Å². The molecule has 0 bridgehead atoms. The van der Waals surface area contributed by atoms with Crippen LogP contribution in [0, 0.1) is 17.8 Å². The summed E-state index contributed by atoms with van der Waals surface area (Å²) in [7, 11) is 0. The van der Waals surface area contributed by atoms with E-state index < -0.39 is 0 Å². The van der Waals surface area contributed by atoms with Gasteiger partial charge in [-0.1, -0.05) is 26.2 Å². The normalized spacial score (nSPS) is 44.7. The average molecular weight is 138 g/mol. The first kappa shape index (κ1) is 6.69. The maximum absolute atomic E-state index is 2.32. The van der Waals surface area contributed by atoms with E-state index in [4.69, 9.17) is 0 Å². The highest BCUT2D eigenvalue weighted by Crippen LogP contribution is 2.52. The van der Waals surface area contributed by atoms with E-state index in [-0.39, 0.29) is 0 Å². The van der Waals surface area contributed by atoms with Gasteiger partial charge in [0.25, 0.3) is 0 Å². The molecule has 58 valence electrons. The third-order valence-electron chi connectivity index (χ3n) is 3.35. The summed E-state index contributed by atoms with van der Waals surface area (Å²) in [6.45, 7) is 2.32. The summed E-state index contributed by atoms with van der Waals surface area (Å²) >= 11 is 0. The Bertz CT molecular complexity index is 117. The molecule has 0 aliphatic heterocycles. The summed E-state index contributed by atoms with van der Waals surface area (Å²) in [6.07, 6.45) is 9.19. The summed E-state index contributed by atoms with van der Waals surface area (Å²) in [5.41, 5.74) is 0. The minimum atomic E-state index is 1.12. The molecule has 0 nitrogen and oxygen atoms in total. The zero-order valence-corrected chi connectivity index (χ0v) is 6.97. The Morgan fingerprint density at radius 1 is 1.10 bits per heavy atom. The summed E-state index contributed by atoms with van der Waals surface area (Å²) < 4.78 is 0. The second-order valence-electron chi connectivity index (χ2n) is 4.22. The molecule has 0 spiro atoms. The van der Waals surface area contributed by atoms with E-state index in [0.29, 0.717) is 0 Å². The van der Waals surface area contributed by atoms with E-state index >= 15 is 0 Å². The second kappa shape index (κ2) is 2.56. The standard InChI is InChI=1S/C10H18/c1-2-3-8-4-5-9-7-10(9)6-8/h8-10H,2-7H2,1H3/t8-,9-,10+/m1/s1. The summed E-state index contributed by atoms with van der Waals surface area (Å²) in [5.74, 6) is 3.49. The van der Waals surface area contributed by atoms with E-state index in [1.807, 2.05) is 0 Å². The van der Waals surface area contributed by atoms with Gasteiger partial charge >= 0.3 is 0 Å². The molecule has 0 unspecified atom stereocenters. The van der Waals surface area contributed by atoms with Crippen LogP contribution in [0.1, 0.15) is 45.4 Å². The highest BCUT2D eigenvalue weighted by Gasteiger charge is 2.41. The van der Waals surface area contributed by atoms with Gasteiger partial charge in [0, 0.05) is 0 Å². The van der Waals surface area contributed by atoms with Crippen molar-refractivity contribution in [2.45, 2.75) is 45.4 Å². The topological polar surface area (TPSA) is 0 Å². The molecule has 0 N–H and O–H groups in total. The van der Waals surface area contributed by atoms with Gasteiger partial charge in [-0.05, 0) is 37.0 Å². The molecule has 0 aromatic heterocycles. The minimum Gasteiger partial charge on any atom is -0.0654 e. The van der Waals surface area contributed by atoms with Gasteiger partial charge in [-0.2, -0.15) is 0 Å². The molecule has 2 saturated carbocycles. The summed E-state index contributed by atoms with van der Waals surface area (Å²) in [5, 5.41) is 0. The number of hydrogen-bond donors (Lipinski definition) is 0. The van der Waals surface area contributed by atoms with Crippen LogP contribution in [-0.2, 0) is 0 Å². The second-order valence-corrected chi connectivity index (χ2v) is 4.22. The molecule has 2 fully saturated rings. The molecular formula is C10H18. The molecular weight excluding hydrogens is 120 g/mol. The van der Waals surface area contributed by atoms with Crippen LogP contribution in [-0.4, -0.2) is 0 Å². The smallest absolute Gasteiger partial charge is 0.0380 e. The fourth-order valence-electron chi connectivity index (χ4n) is 2.62. The van der Waals surface area contributed by atoms with Crippen molar-refractivity contribution in [3.8, 4) is 0 Å². The van der Waals surface area contributed by atoms with Gasteiger partial charge in [-0.3, -0.25) is 0 Å². The molecule has 0 saturated heterocycles. The monoisotopic (exact) mass is 138 g/mol. The van der Waals surface area contributed by atoms with E-state index in [1.54, 1.807) is 25.7 Å². The predicted octanol–water partition coefficient (Wildman–Crippen LogP) is 3.22. The van der Waals surface area contributed by atoms with Crippen LogP contribution in [0.5, 0.6) is 0 Å². The highest BCUT2D eigenvalue weighted by molar-refractivity contribution is 4.91. The van der Waals surface area contributed by atoms with Crippen LogP contribution < -0.4 is 0 Å². The van der Waals surface area contributed by atoms with E-state index in [2.05, 4.69) is 6.92 Å². The summed E-state index contributed by atoms with van der Waals surface area (Å²) in [4.78, 5) is 0. The SMILES string of the molecule is CCC[C@@H]1CC[C@@H]2C[C@@H]2C1. The lowest BCUT2D eigenvalue weighted by Gasteiger charge is -2.19. The first-order valence-electron chi connectivity index (χ1n) is 4.90. The van der Waals surface area contributed by atoms with Gasteiger partial charge in [0.05, 0.1) is 0 Å². The lowest BCUT2D eigenvalue weighted by molar-refractivity contribution is 0.323. The molecule has 0 radical (unpaired) electrons. The Hall–Kier alpha value is 0. The molecule has 10 heavy (non-hydrogen) atoms. The van der Waals surface area contributed by atoms with Crippen molar-refractivity contribution < 1.29 is 0 Å². The average Bonchev–Trinajstić information content (AvgIpc) is 2.66. The molecule has 0 aromatic rings. The lowest BCUT2D eigenvalue weighted by Crippen LogP contribution is -2.07. The molecule has 2 aliphatic rings. The largest absolute Gasteiger partial charge is 0.0654 e. The first-order chi connectivity index (χ1) is 4.90. The van der Waals surface area contributed by atoms with Crippen molar-refractivity contribution in [1.82, 2.24) is 0 Å². The van der Waals surface area contributed by atoms with Gasteiger partial charge in [0.15, 0.2) is 0 Å². The van der Waals surface area contributed by atoms with E-state index in [0.717, 1.165) is 5.92 Å². The van der Waals surface area contributed by atoms with Crippen molar-refractivity contribution in [3.63, 3.8) is 0 Å². The van der Waals surface area contributed by atoms with E-state index in [9.17, 15) is 0 Å². The molecule has 0 aromatic carbocycles. The maximum atomic E-state index is 2.32. The van der Waals surface area contributed by atoms with E-state index in [1.165, 1.54) is 24.7 Å². The van der Waals surface area contributed by atoms with Crippen LogP contribution >= 0.6 is 0 Å². The van der Waals surface area contributed by atoms with Crippen molar-refractivity contribution in [2.24, 2.45) is 17.8 Å². The molecule has 2 aliphatic carbocycles. The third kappa shape index (κ3) is 1.21. The molecule has 3 atom stereocenters. The minimum absolute atomic E-state index is 1.12. The van der Waals surface area contributed by atoms with Gasteiger partial charge in [-0.25, -0.2) is 0 Å². The zero-order valence-electron chi connectivity index (χ0n) is 6.97. The molecule has 0 heteroatoms. The quantitative estimate of drug-likeness (QED) is 0.549. The fraction of sp³-hybridized carbons (Fsp3) is 1.00. The van der Waals surface area contributed by atoms with Gasteiger partial charge < -0.3 is 0 Å². The zero-order chi connectivity index (χ0) is 6.97. The number of fused-ring (bicyclic) bond motifs is 1. The lowest BCUT2D eigenvalue weighted by atomic mass is 9.86. The Morgan fingerprint density at radius 2 is 2.00 bits per heavy atom. The van der Waals surface area contributed by atoms with Gasteiger partial charge in [0.1, 0.15) is 0 Å². The van der Waals surface area contributed by atoms with Crippen molar-refractivity contribution in [1.29, 1.82) is 0 Å². The van der Waals surface area contributed by atoms with Gasteiger partial charge in [-0.15, -0.1) is 0 Å². The Balaban J connectivity index is 1.77. The molecule has 0 amide bonds. The Labute approximate surface area is 64.0 Å². The van der Waals surface area contributed by atoms with Crippen LogP contribution in [0.2, 0.25) is 0 Å². The highest BCUT2D eigenvalue weighted by atomic mass is 14.5. The number of rotatable bonds is 2. The Morgan fingerprint density at radius 3 is 2.70 bits per heavy atom. The fourth-order valence-corrected chi connectivity index (χ4v) is 2.62. The van der Waals surface area contributed by atoms with Gasteiger partial charge in [0.2, 0.25) is 0 Å². The van der Waals surface area contributed by atoms with Crippen LogP contribution in [0.15, 0.2) is 0 Å². The predicted molar refractivity (Wildman–Crippen MR) is 43.8 cm³/mol. The first-order valence-corrected chi connectivity index (χ1v) is 4.90. The van der Waals surface area contributed by atoms with Crippen LogP contribution in [0.4, 0.5) is 0 Å². The maximum Gasteiger partial charge on any atom is -0.0380 e. The Kier molecular flexibility index (Phi) is 1.71. The van der Waals surface area contributed by atoms with Crippen LogP contribution in [0.25, 0.3) is 0 Å². The van der Waals surface area contributed by atoms with Crippen molar-refractivity contribution in [3.05, 3.63) is 0 Å². The number of hydrogen-bond acceptors (Lipinski definition) is 0. The van der Waals surface area contributed by atoms with Crippen molar-refractivity contribution >= 4 is 0 Å². The van der Waals surface area contributed by atoms with Crippen LogP contribution in [0.3, 0.4) is 0 Å². The molecule has 2 rings (SSSR count).